The fraction of sp³-hybridized carbons (Fsp3) is 0.529. The van der Waals surface area contributed by atoms with Gasteiger partial charge < -0.3 is 0 Å². The molecule has 20 heavy (non-hydrogen) atoms. The molecule has 0 unspecified atom stereocenters. The van der Waals surface area contributed by atoms with Crippen LogP contribution >= 0.6 is 0 Å². The average molecular weight is 284 g/mol. The van der Waals surface area contributed by atoms with Crippen LogP contribution in [0.4, 0.5) is 13.2 Å². The molecule has 0 heterocycles. The van der Waals surface area contributed by atoms with Crippen LogP contribution in [0.5, 0.6) is 0 Å². The third kappa shape index (κ3) is 7.37. The number of rotatable bonds is 7. The molecule has 1 aromatic rings. The van der Waals surface area contributed by atoms with Crippen molar-refractivity contribution in [2.75, 3.05) is 0 Å². The maximum atomic E-state index is 12.4. The smallest absolute Gasteiger partial charge is 0.171 e. The Bertz CT molecular complexity index is 404. The van der Waals surface area contributed by atoms with Crippen molar-refractivity contribution in [3.05, 3.63) is 47.5 Å². The van der Waals surface area contributed by atoms with Crippen molar-refractivity contribution in [3.8, 4) is 0 Å². The van der Waals surface area contributed by atoms with Crippen molar-refractivity contribution in [1.29, 1.82) is 0 Å². The van der Waals surface area contributed by atoms with E-state index < -0.39 is 12.6 Å². The highest BCUT2D eigenvalue weighted by Gasteiger charge is 2.28. The van der Waals surface area contributed by atoms with E-state index in [9.17, 15) is 13.2 Å². The second kappa shape index (κ2) is 8.13. The van der Waals surface area contributed by atoms with Crippen LogP contribution in [0.1, 0.15) is 45.1 Å². The molecule has 112 valence electrons. The summed E-state index contributed by atoms with van der Waals surface area (Å²) in [4.78, 5) is 0. The molecule has 0 radical (unpaired) electrons. The van der Waals surface area contributed by atoms with E-state index in [2.05, 4.69) is 0 Å². The van der Waals surface area contributed by atoms with Crippen molar-refractivity contribution < 1.29 is 13.2 Å². The first-order valence-corrected chi connectivity index (χ1v) is 7.13. The fourth-order valence-corrected chi connectivity index (χ4v) is 2.24. The van der Waals surface area contributed by atoms with Crippen molar-refractivity contribution in [2.45, 2.75) is 52.1 Å². The first kappa shape index (κ1) is 16.8. The minimum Gasteiger partial charge on any atom is -0.171 e. The quantitative estimate of drug-likeness (QED) is 0.544. The number of benzene rings is 1. The van der Waals surface area contributed by atoms with Crippen LogP contribution in [0.3, 0.4) is 0 Å². The second-order valence-corrected chi connectivity index (χ2v) is 5.38. The molecule has 0 saturated heterocycles. The molecule has 0 amide bonds. The highest BCUT2D eigenvalue weighted by Crippen LogP contribution is 2.28. The number of hydrogen-bond donors (Lipinski definition) is 0. The number of halogens is 3. The van der Waals surface area contributed by atoms with E-state index in [0.717, 1.165) is 24.8 Å². The van der Waals surface area contributed by atoms with Gasteiger partial charge in [0, 0.05) is 6.42 Å². The molecular formula is C17H23F3. The second-order valence-electron chi connectivity index (χ2n) is 5.38. The first-order chi connectivity index (χ1) is 9.40. The minimum atomic E-state index is -4.05. The van der Waals surface area contributed by atoms with Crippen molar-refractivity contribution in [2.24, 2.45) is 5.92 Å². The third-order valence-electron chi connectivity index (χ3n) is 3.64. The summed E-state index contributed by atoms with van der Waals surface area (Å²) in [6.07, 6.45) is -0.0520. The molecule has 0 aliphatic carbocycles. The summed E-state index contributed by atoms with van der Waals surface area (Å²) in [7, 11) is 0. The number of allylic oxidation sites excluding steroid dienone is 2. The summed E-state index contributed by atoms with van der Waals surface area (Å²) in [5, 5.41) is 0. The molecule has 0 bridgehead atoms. The van der Waals surface area contributed by atoms with Crippen molar-refractivity contribution in [1.82, 2.24) is 0 Å². The first-order valence-electron chi connectivity index (χ1n) is 7.13. The van der Waals surface area contributed by atoms with Gasteiger partial charge in [0.1, 0.15) is 0 Å². The Morgan fingerprint density at radius 2 is 1.80 bits per heavy atom. The number of hydrogen-bond acceptors (Lipinski definition) is 0. The summed E-state index contributed by atoms with van der Waals surface area (Å²) in [6.45, 7) is 4.00. The minimum absolute atomic E-state index is 0.0916. The molecule has 1 rings (SSSR count). The molecule has 0 saturated carbocycles. The van der Waals surface area contributed by atoms with E-state index in [4.69, 9.17) is 0 Å². The van der Waals surface area contributed by atoms with Crippen LogP contribution in [-0.2, 0) is 6.42 Å². The van der Waals surface area contributed by atoms with Crippen LogP contribution in [-0.4, -0.2) is 6.18 Å². The lowest BCUT2D eigenvalue weighted by atomic mass is 9.89. The van der Waals surface area contributed by atoms with Crippen LogP contribution in [0, 0.1) is 5.92 Å². The molecule has 3 heteroatoms. The van der Waals surface area contributed by atoms with E-state index in [-0.39, 0.29) is 12.3 Å². The van der Waals surface area contributed by atoms with E-state index in [1.807, 2.05) is 50.3 Å². The Morgan fingerprint density at radius 3 is 2.35 bits per heavy atom. The monoisotopic (exact) mass is 284 g/mol. The zero-order valence-electron chi connectivity index (χ0n) is 12.2. The van der Waals surface area contributed by atoms with Crippen LogP contribution in [0.2, 0.25) is 0 Å². The standard InChI is InChI=1S/C17H23F3/c1-3-14(2)9-10-16(11-12-17(18,19)20)13-15-7-5-4-6-8-15/h3-8,16H,9-13H2,1-2H3/b14-3+/t16-/m1/s1. The van der Waals surface area contributed by atoms with Gasteiger partial charge in [0.25, 0.3) is 0 Å². The topological polar surface area (TPSA) is 0 Å². The molecule has 0 fully saturated rings. The Kier molecular flexibility index (Phi) is 6.83. The Hall–Kier alpha value is -1.25. The lowest BCUT2D eigenvalue weighted by Gasteiger charge is -2.18. The predicted octanol–water partition coefficient (Wildman–Crippen LogP) is 5.93. The van der Waals surface area contributed by atoms with Crippen molar-refractivity contribution >= 4 is 0 Å². The van der Waals surface area contributed by atoms with Crippen LogP contribution in [0.15, 0.2) is 42.0 Å². The van der Waals surface area contributed by atoms with Gasteiger partial charge in [-0.25, -0.2) is 0 Å². The maximum absolute atomic E-state index is 12.4. The molecule has 1 atom stereocenters. The van der Waals surface area contributed by atoms with E-state index in [0.29, 0.717) is 0 Å². The van der Waals surface area contributed by atoms with Gasteiger partial charge >= 0.3 is 6.18 Å². The predicted molar refractivity (Wildman–Crippen MR) is 77.6 cm³/mol. The summed E-state index contributed by atoms with van der Waals surface area (Å²) in [5.41, 5.74) is 2.37. The fourth-order valence-electron chi connectivity index (χ4n) is 2.24. The molecule has 0 aliphatic heterocycles. The van der Waals surface area contributed by atoms with Gasteiger partial charge in [0.05, 0.1) is 0 Å². The van der Waals surface area contributed by atoms with Gasteiger partial charge in [-0.3, -0.25) is 0 Å². The highest BCUT2D eigenvalue weighted by molar-refractivity contribution is 5.15. The van der Waals surface area contributed by atoms with Gasteiger partial charge in [0.15, 0.2) is 0 Å². The third-order valence-corrected chi connectivity index (χ3v) is 3.64. The molecular weight excluding hydrogens is 261 g/mol. The molecule has 0 aromatic heterocycles. The molecule has 0 N–H and O–H groups in total. The SMILES string of the molecule is C/C=C(\C)CC[C@H](CCC(F)(F)F)Cc1ccccc1. The summed E-state index contributed by atoms with van der Waals surface area (Å²) in [6, 6.07) is 9.78. The zero-order chi connectivity index (χ0) is 15.0. The number of alkyl halides is 3. The van der Waals surface area contributed by atoms with Gasteiger partial charge in [-0.15, -0.1) is 0 Å². The highest BCUT2D eigenvalue weighted by atomic mass is 19.4. The van der Waals surface area contributed by atoms with E-state index in [1.165, 1.54) is 5.57 Å². The Labute approximate surface area is 119 Å². The normalized spacial score (nSPS) is 14.3. The van der Waals surface area contributed by atoms with Gasteiger partial charge in [-0.1, -0.05) is 42.0 Å². The van der Waals surface area contributed by atoms with E-state index in [1.54, 1.807) is 0 Å². The Morgan fingerprint density at radius 1 is 1.15 bits per heavy atom. The molecule has 1 aromatic carbocycles. The van der Waals surface area contributed by atoms with Gasteiger partial charge in [0.2, 0.25) is 0 Å². The van der Waals surface area contributed by atoms with Crippen molar-refractivity contribution in [3.63, 3.8) is 0 Å². The average Bonchev–Trinajstić information content (AvgIpc) is 2.41. The van der Waals surface area contributed by atoms with Crippen LogP contribution < -0.4 is 0 Å². The van der Waals surface area contributed by atoms with E-state index >= 15 is 0 Å². The van der Waals surface area contributed by atoms with Crippen LogP contribution in [0.25, 0.3) is 0 Å². The van der Waals surface area contributed by atoms with Gasteiger partial charge in [-0.2, -0.15) is 13.2 Å². The molecule has 0 spiro atoms. The summed E-state index contributed by atoms with van der Waals surface area (Å²) >= 11 is 0. The zero-order valence-corrected chi connectivity index (χ0v) is 12.2. The lowest BCUT2D eigenvalue weighted by molar-refractivity contribution is -0.137. The molecule has 0 aliphatic rings. The summed E-state index contributed by atoms with van der Waals surface area (Å²) in [5.74, 6) is 0.0916. The molecule has 0 nitrogen and oxygen atoms in total. The largest absolute Gasteiger partial charge is 0.389 e. The maximum Gasteiger partial charge on any atom is 0.389 e. The van der Waals surface area contributed by atoms with Gasteiger partial charge in [-0.05, 0) is 51.0 Å². The Balaban J connectivity index is 2.58. The summed E-state index contributed by atoms with van der Waals surface area (Å²) < 4.78 is 37.2. The lowest BCUT2D eigenvalue weighted by Crippen LogP contribution is -2.13.